The first-order chi connectivity index (χ1) is 14.1. The van der Waals surface area contributed by atoms with Gasteiger partial charge in [0.15, 0.2) is 0 Å². The van der Waals surface area contributed by atoms with Crippen LogP contribution in [0.2, 0.25) is 0 Å². The van der Waals surface area contributed by atoms with Crippen molar-refractivity contribution in [2.45, 2.75) is 18.1 Å². The first-order valence-electron chi connectivity index (χ1n) is 9.23. The number of carbonyl (C=O) groups is 1. The van der Waals surface area contributed by atoms with Crippen LogP contribution in [0.1, 0.15) is 28.7 Å². The molecular weight excluding hydrogens is 454 g/mol. The number of aliphatic hydroxyl groups is 2. The third-order valence-corrected chi connectivity index (χ3v) is 6.88. The molecule has 1 aromatic heterocycles. The fourth-order valence-corrected chi connectivity index (χ4v) is 5.22. The molecule has 7 heteroatoms. The maximum absolute atomic E-state index is 12.2. The van der Waals surface area contributed by atoms with E-state index in [-0.39, 0.29) is 19.1 Å². The molecule has 4 rings (SSSR count). The number of halogens is 1. The maximum Gasteiger partial charge on any atom is 0.407 e. The highest BCUT2D eigenvalue weighted by molar-refractivity contribution is 9.10. The number of aliphatic hydroxyl groups excluding tert-OH is 2. The van der Waals surface area contributed by atoms with Gasteiger partial charge in [-0.25, -0.2) is 4.79 Å². The van der Waals surface area contributed by atoms with E-state index < -0.39 is 18.3 Å². The number of fused-ring (bicyclic) bond motifs is 3. The van der Waals surface area contributed by atoms with Crippen molar-refractivity contribution in [1.82, 2.24) is 5.32 Å². The number of benzene rings is 2. The molecule has 0 fully saturated rings. The first kappa shape index (κ1) is 20.1. The minimum atomic E-state index is -1.14. The number of ether oxygens (including phenoxy) is 1. The molecule has 1 aliphatic carbocycles. The zero-order chi connectivity index (χ0) is 20.4. The van der Waals surface area contributed by atoms with Crippen LogP contribution < -0.4 is 5.32 Å². The molecule has 29 heavy (non-hydrogen) atoms. The standard InChI is InChI=1S/C22H20BrNO4S/c23-19-12-29-11-18(19)21(26)20(25)9-24-22(27)28-10-17-15-7-3-1-5-13(15)14-6-2-4-8-16(14)17/h1-8,11-12,17,20-21,25-26H,9-10H2,(H,24,27). The zero-order valence-corrected chi connectivity index (χ0v) is 17.8. The Hall–Kier alpha value is -2.19. The SMILES string of the molecule is O=C(NCC(O)C(O)c1cscc1Br)OCC1c2ccccc2-c2ccccc21. The summed E-state index contributed by atoms with van der Waals surface area (Å²) in [7, 11) is 0. The molecule has 0 aliphatic heterocycles. The van der Waals surface area contributed by atoms with Gasteiger partial charge >= 0.3 is 6.09 Å². The fourth-order valence-electron chi connectivity index (χ4n) is 3.66. The summed E-state index contributed by atoms with van der Waals surface area (Å²) in [5, 5.41) is 26.5. The van der Waals surface area contributed by atoms with Gasteiger partial charge in [0.2, 0.25) is 0 Å². The van der Waals surface area contributed by atoms with Crippen molar-refractivity contribution in [2.75, 3.05) is 13.2 Å². The highest BCUT2D eigenvalue weighted by atomic mass is 79.9. The molecule has 0 bridgehead atoms. The summed E-state index contributed by atoms with van der Waals surface area (Å²) in [6.07, 6.45) is -2.85. The van der Waals surface area contributed by atoms with Crippen LogP contribution in [0, 0.1) is 0 Å². The van der Waals surface area contributed by atoms with E-state index in [2.05, 4.69) is 45.5 Å². The van der Waals surface area contributed by atoms with E-state index in [0.29, 0.717) is 5.56 Å². The van der Waals surface area contributed by atoms with Crippen LogP contribution in [0.3, 0.4) is 0 Å². The molecule has 0 spiro atoms. The van der Waals surface area contributed by atoms with Gasteiger partial charge in [0, 0.05) is 27.9 Å². The lowest BCUT2D eigenvalue weighted by atomic mass is 9.98. The third-order valence-electron chi connectivity index (χ3n) is 5.12. The minimum Gasteiger partial charge on any atom is -0.449 e. The number of hydrogen-bond donors (Lipinski definition) is 3. The summed E-state index contributed by atoms with van der Waals surface area (Å²) in [5.74, 6) is -0.0228. The van der Waals surface area contributed by atoms with Crippen molar-refractivity contribution >= 4 is 33.4 Å². The van der Waals surface area contributed by atoms with E-state index in [1.165, 1.54) is 11.3 Å². The lowest BCUT2D eigenvalue weighted by molar-refractivity contribution is 0.0184. The van der Waals surface area contributed by atoms with Crippen molar-refractivity contribution in [3.63, 3.8) is 0 Å². The Kier molecular flexibility index (Phi) is 6.01. The molecule has 1 amide bonds. The number of nitrogens with one attached hydrogen (secondary N) is 1. The van der Waals surface area contributed by atoms with E-state index in [4.69, 9.17) is 4.74 Å². The van der Waals surface area contributed by atoms with Gasteiger partial charge in [0.05, 0.1) is 0 Å². The lowest BCUT2D eigenvalue weighted by Gasteiger charge is -2.19. The average Bonchev–Trinajstić information content (AvgIpc) is 3.31. The van der Waals surface area contributed by atoms with Crippen molar-refractivity contribution in [1.29, 1.82) is 0 Å². The van der Waals surface area contributed by atoms with Crippen LogP contribution in [0.4, 0.5) is 4.79 Å². The van der Waals surface area contributed by atoms with E-state index in [0.717, 1.165) is 26.7 Å². The smallest absolute Gasteiger partial charge is 0.407 e. The van der Waals surface area contributed by atoms with Crippen LogP contribution >= 0.6 is 27.3 Å². The predicted molar refractivity (Wildman–Crippen MR) is 116 cm³/mol. The van der Waals surface area contributed by atoms with Gasteiger partial charge in [-0.15, -0.1) is 0 Å². The molecule has 5 nitrogen and oxygen atoms in total. The van der Waals surface area contributed by atoms with E-state index in [1.54, 1.807) is 5.38 Å². The number of hydrogen-bond acceptors (Lipinski definition) is 5. The van der Waals surface area contributed by atoms with Gasteiger partial charge in [-0.1, -0.05) is 48.5 Å². The minimum absolute atomic E-state index is 0.0228. The normalized spacial score (nSPS) is 14.7. The van der Waals surface area contributed by atoms with Crippen molar-refractivity contribution in [3.8, 4) is 11.1 Å². The van der Waals surface area contributed by atoms with Gasteiger partial charge in [0.1, 0.15) is 18.8 Å². The van der Waals surface area contributed by atoms with Crippen LogP contribution in [0.15, 0.2) is 63.8 Å². The predicted octanol–water partition coefficient (Wildman–Crippen LogP) is 4.44. The summed E-state index contributed by atoms with van der Waals surface area (Å²) in [5.41, 5.74) is 5.20. The molecule has 2 unspecified atom stereocenters. The Labute approximate surface area is 181 Å². The highest BCUT2D eigenvalue weighted by Gasteiger charge is 2.29. The summed E-state index contributed by atoms with van der Waals surface area (Å²) in [6, 6.07) is 16.2. The molecule has 0 saturated carbocycles. The quantitative estimate of drug-likeness (QED) is 0.494. The summed E-state index contributed by atoms with van der Waals surface area (Å²) in [6.45, 7) is 0.0920. The van der Waals surface area contributed by atoms with E-state index in [1.807, 2.05) is 29.6 Å². The van der Waals surface area contributed by atoms with E-state index in [9.17, 15) is 15.0 Å². The molecule has 0 radical (unpaired) electrons. The summed E-state index contributed by atoms with van der Waals surface area (Å²) >= 11 is 4.75. The van der Waals surface area contributed by atoms with Crippen LogP contribution in [0.5, 0.6) is 0 Å². The molecule has 3 aromatic rings. The Bertz CT molecular complexity index is 976. The number of rotatable bonds is 6. The number of amides is 1. The first-order valence-corrected chi connectivity index (χ1v) is 11.0. The maximum atomic E-state index is 12.2. The van der Waals surface area contributed by atoms with Crippen molar-refractivity contribution in [2.24, 2.45) is 0 Å². The Morgan fingerprint density at radius 3 is 2.28 bits per heavy atom. The lowest BCUT2D eigenvalue weighted by Crippen LogP contribution is -2.36. The molecule has 1 aliphatic rings. The topological polar surface area (TPSA) is 78.8 Å². The number of thiophene rings is 1. The largest absolute Gasteiger partial charge is 0.449 e. The van der Waals surface area contributed by atoms with Crippen molar-refractivity contribution in [3.05, 3.63) is 80.5 Å². The average molecular weight is 474 g/mol. The van der Waals surface area contributed by atoms with Crippen LogP contribution in [-0.4, -0.2) is 35.6 Å². The Balaban J connectivity index is 1.35. The van der Waals surface area contributed by atoms with Crippen LogP contribution in [-0.2, 0) is 4.74 Å². The zero-order valence-electron chi connectivity index (χ0n) is 15.4. The number of carbonyl (C=O) groups excluding carboxylic acids is 1. The molecule has 0 saturated heterocycles. The summed E-state index contributed by atoms with van der Waals surface area (Å²) in [4.78, 5) is 12.2. The molecular formula is C22H20BrNO4S. The van der Waals surface area contributed by atoms with Gasteiger partial charge in [0.25, 0.3) is 0 Å². The van der Waals surface area contributed by atoms with Gasteiger partial charge in [-0.3, -0.25) is 0 Å². The monoisotopic (exact) mass is 473 g/mol. The molecule has 3 N–H and O–H groups in total. The Morgan fingerprint density at radius 2 is 1.69 bits per heavy atom. The second-order valence-corrected chi connectivity index (χ2v) is 8.49. The molecule has 2 atom stereocenters. The van der Waals surface area contributed by atoms with Crippen molar-refractivity contribution < 1.29 is 19.7 Å². The second-order valence-electron chi connectivity index (χ2n) is 6.89. The van der Waals surface area contributed by atoms with E-state index >= 15 is 0 Å². The molecule has 150 valence electrons. The Morgan fingerprint density at radius 1 is 1.07 bits per heavy atom. The fraction of sp³-hybridized carbons (Fsp3) is 0.227. The van der Waals surface area contributed by atoms with Gasteiger partial charge in [-0.2, -0.15) is 11.3 Å². The van der Waals surface area contributed by atoms with Gasteiger partial charge in [-0.05, 0) is 43.6 Å². The second kappa shape index (κ2) is 8.67. The third kappa shape index (κ3) is 4.09. The summed E-state index contributed by atoms with van der Waals surface area (Å²) < 4.78 is 6.17. The highest BCUT2D eigenvalue weighted by Crippen LogP contribution is 2.44. The molecule has 2 aromatic carbocycles. The number of alkyl carbamates (subject to hydrolysis) is 1. The van der Waals surface area contributed by atoms with Gasteiger partial charge < -0.3 is 20.3 Å². The molecule has 1 heterocycles. The van der Waals surface area contributed by atoms with Crippen LogP contribution in [0.25, 0.3) is 11.1 Å².